The van der Waals surface area contributed by atoms with Gasteiger partial charge in [0.05, 0.1) is 6.04 Å². The minimum Gasteiger partial charge on any atom is -0.491 e. The third-order valence-corrected chi connectivity index (χ3v) is 3.49. The molecule has 3 rings (SSSR count). The molecule has 2 aliphatic heterocycles. The number of benzene rings is 1. The van der Waals surface area contributed by atoms with Gasteiger partial charge in [0.15, 0.2) is 0 Å². The Labute approximate surface area is 96.4 Å². The Bertz CT molecular complexity index is 359. The van der Waals surface area contributed by atoms with Crippen LogP contribution in [-0.2, 0) is 0 Å². The number of ether oxygens (including phenoxy) is 1. The summed E-state index contributed by atoms with van der Waals surface area (Å²) in [5.74, 6) is 1.07. The minimum absolute atomic E-state index is 0.469. The molecule has 3 nitrogen and oxygen atoms in total. The van der Waals surface area contributed by atoms with Crippen LogP contribution in [0, 0.1) is 0 Å². The lowest BCUT2D eigenvalue weighted by molar-refractivity contribution is 0.172. The van der Waals surface area contributed by atoms with Crippen LogP contribution in [0.2, 0.25) is 0 Å². The molecule has 1 atom stereocenters. The summed E-state index contributed by atoms with van der Waals surface area (Å²) >= 11 is 0. The summed E-state index contributed by atoms with van der Waals surface area (Å²) in [6.07, 6.45) is 1.23. The van der Waals surface area contributed by atoms with Gasteiger partial charge in [-0.25, -0.2) is 0 Å². The topological polar surface area (TPSA) is 24.5 Å². The molecule has 0 amide bonds. The summed E-state index contributed by atoms with van der Waals surface area (Å²) in [6, 6.07) is 8.90. The van der Waals surface area contributed by atoms with E-state index in [9.17, 15) is 0 Å². The van der Waals surface area contributed by atoms with Gasteiger partial charge in [0.25, 0.3) is 0 Å². The first kappa shape index (κ1) is 10.1. The van der Waals surface area contributed by atoms with Crippen molar-refractivity contribution in [2.75, 3.05) is 32.8 Å². The van der Waals surface area contributed by atoms with Crippen molar-refractivity contribution in [2.45, 2.75) is 12.5 Å². The number of nitrogens with zero attached hydrogens (tertiary/aromatic N) is 1. The molecular weight excluding hydrogens is 200 g/mol. The van der Waals surface area contributed by atoms with E-state index in [0.717, 1.165) is 32.0 Å². The van der Waals surface area contributed by atoms with E-state index in [2.05, 4.69) is 28.4 Å². The maximum absolute atomic E-state index is 5.74. The van der Waals surface area contributed by atoms with Crippen LogP contribution < -0.4 is 10.1 Å². The van der Waals surface area contributed by atoms with Gasteiger partial charge in [-0.1, -0.05) is 18.2 Å². The zero-order valence-corrected chi connectivity index (χ0v) is 9.48. The molecule has 86 valence electrons. The minimum atomic E-state index is 0.469. The van der Waals surface area contributed by atoms with Crippen molar-refractivity contribution < 1.29 is 4.74 Å². The lowest BCUT2D eigenvalue weighted by atomic mass is 10.1. The predicted molar refractivity (Wildman–Crippen MR) is 63.7 cm³/mol. The fraction of sp³-hybridized carbons (Fsp3) is 0.538. The first-order valence-corrected chi connectivity index (χ1v) is 6.11. The second kappa shape index (κ2) is 4.44. The van der Waals surface area contributed by atoms with Gasteiger partial charge in [0.1, 0.15) is 12.4 Å². The monoisotopic (exact) mass is 218 g/mol. The second-order valence-electron chi connectivity index (χ2n) is 4.50. The fourth-order valence-corrected chi connectivity index (χ4v) is 2.63. The van der Waals surface area contributed by atoms with E-state index in [4.69, 9.17) is 4.74 Å². The Morgan fingerprint density at radius 2 is 2.12 bits per heavy atom. The third kappa shape index (κ3) is 1.81. The predicted octanol–water partition coefficient (Wildman–Crippen LogP) is 1.42. The number of para-hydroxylation sites is 1. The van der Waals surface area contributed by atoms with Gasteiger partial charge in [-0.3, -0.25) is 4.90 Å². The van der Waals surface area contributed by atoms with Crippen molar-refractivity contribution in [3.63, 3.8) is 0 Å². The van der Waals surface area contributed by atoms with Crippen LogP contribution in [-0.4, -0.2) is 37.7 Å². The SMILES string of the molecule is c1ccc2c(c1)OCC2N1CCCNCC1. The zero-order valence-electron chi connectivity index (χ0n) is 9.48. The van der Waals surface area contributed by atoms with Crippen LogP contribution in [0.4, 0.5) is 0 Å². The lowest BCUT2D eigenvalue weighted by Crippen LogP contribution is -2.33. The normalized spacial score (nSPS) is 25.9. The van der Waals surface area contributed by atoms with E-state index in [0.29, 0.717) is 6.04 Å². The molecule has 0 aromatic heterocycles. The van der Waals surface area contributed by atoms with Crippen LogP contribution in [0.15, 0.2) is 24.3 Å². The van der Waals surface area contributed by atoms with E-state index in [-0.39, 0.29) is 0 Å². The van der Waals surface area contributed by atoms with E-state index >= 15 is 0 Å². The molecule has 2 heterocycles. The molecule has 1 unspecified atom stereocenters. The fourth-order valence-electron chi connectivity index (χ4n) is 2.63. The molecular formula is C13H18N2O. The summed E-state index contributed by atoms with van der Waals surface area (Å²) in [5, 5.41) is 3.44. The second-order valence-corrected chi connectivity index (χ2v) is 4.50. The molecule has 1 N–H and O–H groups in total. The van der Waals surface area contributed by atoms with Crippen molar-refractivity contribution >= 4 is 0 Å². The first-order chi connectivity index (χ1) is 7.95. The van der Waals surface area contributed by atoms with Gasteiger partial charge in [-0.05, 0) is 19.0 Å². The number of hydrogen-bond donors (Lipinski definition) is 1. The lowest BCUT2D eigenvalue weighted by Gasteiger charge is -2.25. The standard InChI is InChI=1S/C13H18N2O/c1-2-5-13-11(4-1)12(10-16-13)15-8-3-6-14-7-9-15/h1-2,4-5,12,14H,3,6-10H2. The van der Waals surface area contributed by atoms with Gasteiger partial charge in [0, 0.05) is 25.2 Å². The summed E-state index contributed by atoms with van der Waals surface area (Å²) in [6.45, 7) is 5.36. The third-order valence-electron chi connectivity index (χ3n) is 3.49. The van der Waals surface area contributed by atoms with E-state index in [1.165, 1.54) is 18.5 Å². The molecule has 0 aliphatic carbocycles. The number of rotatable bonds is 1. The van der Waals surface area contributed by atoms with Crippen LogP contribution in [0.1, 0.15) is 18.0 Å². The van der Waals surface area contributed by atoms with Crippen LogP contribution in [0.3, 0.4) is 0 Å². The molecule has 0 saturated carbocycles. The van der Waals surface area contributed by atoms with Crippen molar-refractivity contribution in [3.8, 4) is 5.75 Å². The van der Waals surface area contributed by atoms with Gasteiger partial charge in [-0.15, -0.1) is 0 Å². The highest BCUT2D eigenvalue weighted by Crippen LogP contribution is 2.35. The molecule has 1 aromatic rings. The van der Waals surface area contributed by atoms with E-state index in [1.807, 2.05) is 6.07 Å². The summed E-state index contributed by atoms with van der Waals surface area (Å²) in [4.78, 5) is 2.55. The first-order valence-electron chi connectivity index (χ1n) is 6.11. The Morgan fingerprint density at radius 1 is 1.19 bits per heavy atom. The molecule has 1 aromatic carbocycles. The molecule has 2 aliphatic rings. The van der Waals surface area contributed by atoms with Crippen molar-refractivity contribution in [1.82, 2.24) is 10.2 Å². The Kier molecular flexibility index (Phi) is 2.80. The highest BCUT2D eigenvalue weighted by molar-refractivity contribution is 5.39. The average molecular weight is 218 g/mol. The largest absolute Gasteiger partial charge is 0.491 e. The molecule has 3 heteroatoms. The number of fused-ring (bicyclic) bond motifs is 1. The van der Waals surface area contributed by atoms with Gasteiger partial charge < -0.3 is 10.1 Å². The molecule has 1 fully saturated rings. The summed E-state index contributed by atoms with van der Waals surface area (Å²) < 4.78 is 5.74. The molecule has 0 bridgehead atoms. The van der Waals surface area contributed by atoms with E-state index in [1.54, 1.807) is 0 Å². The smallest absolute Gasteiger partial charge is 0.124 e. The Morgan fingerprint density at radius 3 is 3.12 bits per heavy atom. The van der Waals surface area contributed by atoms with Crippen molar-refractivity contribution in [3.05, 3.63) is 29.8 Å². The molecule has 16 heavy (non-hydrogen) atoms. The van der Waals surface area contributed by atoms with E-state index < -0.39 is 0 Å². The highest BCUT2D eigenvalue weighted by atomic mass is 16.5. The van der Waals surface area contributed by atoms with Crippen molar-refractivity contribution in [2.24, 2.45) is 0 Å². The molecule has 1 saturated heterocycles. The Hall–Kier alpha value is -1.06. The summed E-state index contributed by atoms with van der Waals surface area (Å²) in [5.41, 5.74) is 1.37. The van der Waals surface area contributed by atoms with Crippen molar-refractivity contribution in [1.29, 1.82) is 0 Å². The number of nitrogens with one attached hydrogen (secondary N) is 1. The van der Waals surface area contributed by atoms with Crippen LogP contribution >= 0.6 is 0 Å². The van der Waals surface area contributed by atoms with Crippen LogP contribution in [0.5, 0.6) is 5.75 Å². The molecule has 0 spiro atoms. The van der Waals surface area contributed by atoms with Crippen LogP contribution in [0.25, 0.3) is 0 Å². The Balaban J connectivity index is 1.80. The summed E-state index contributed by atoms with van der Waals surface area (Å²) in [7, 11) is 0. The average Bonchev–Trinajstić information content (AvgIpc) is 2.57. The maximum atomic E-state index is 5.74. The maximum Gasteiger partial charge on any atom is 0.124 e. The number of hydrogen-bond acceptors (Lipinski definition) is 3. The highest BCUT2D eigenvalue weighted by Gasteiger charge is 2.29. The van der Waals surface area contributed by atoms with Gasteiger partial charge >= 0.3 is 0 Å². The van der Waals surface area contributed by atoms with Gasteiger partial charge in [0.2, 0.25) is 0 Å². The zero-order chi connectivity index (χ0) is 10.8. The quantitative estimate of drug-likeness (QED) is 0.771. The molecule has 0 radical (unpaired) electrons. The van der Waals surface area contributed by atoms with Gasteiger partial charge in [-0.2, -0.15) is 0 Å².